The van der Waals surface area contributed by atoms with Crippen LogP contribution in [0.5, 0.6) is 0 Å². The molecule has 146 valence electrons. The van der Waals surface area contributed by atoms with E-state index in [1.54, 1.807) is 61.6 Å². The van der Waals surface area contributed by atoms with Gasteiger partial charge < -0.3 is 9.64 Å². The summed E-state index contributed by atoms with van der Waals surface area (Å²) in [5, 5.41) is 0. The summed E-state index contributed by atoms with van der Waals surface area (Å²) in [6, 6.07) is 22.3. The second kappa shape index (κ2) is 9.30. The summed E-state index contributed by atoms with van der Waals surface area (Å²) in [6.07, 6.45) is 0. The Balaban J connectivity index is 1.74. The quantitative estimate of drug-likeness (QED) is 0.400. The molecule has 0 atom stereocenters. The molecule has 1 amide bonds. The maximum Gasteiger partial charge on any atom is 0.339 e. The zero-order valence-electron chi connectivity index (χ0n) is 15.7. The number of amides is 1. The Kier molecular flexibility index (Phi) is 6.57. The van der Waals surface area contributed by atoms with Gasteiger partial charge in [0.05, 0.1) is 11.1 Å². The van der Waals surface area contributed by atoms with Gasteiger partial charge in [0, 0.05) is 22.8 Å². The largest absolute Gasteiger partial charge is 0.454 e. The summed E-state index contributed by atoms with van der Waals surface area (Å²) in [4.78, 5) is 39.2. The van der Waals surface area contributed by atoms with Crippen LogP contribution in [0.25, 0.3) is 0 Å². The van der Waals surface area contributed by atoms with Gasteiger partial charge in [-0.3, -0.25) is 9.59 Å². The highest BCUT2D eigenvalue weighted by Crippen LogP contribution is 2.18. The van der Waals surface area contributed by atoms with Crippen molar-refractivity contribution in [3.8, 4) is 0 Å². The van der Waals surface area contributed by atoms with Crippen LogP contribution in [0.1, 0.15) is 31.1 Å². The van der Waals surface area contributed by atoms with Crippen LogP contribution in [0.4, 0.5) is 5.69 Å². The number of carbonyl (C=O) groups excluding carboxylic acids is 3. The Morgan fingerprint density at radius 1 is 0.828 bits per heavy atom. The zero-order chi connectivity index (χ0) is 20.8. The minimum Gasteiger partial charge on any atom is -0.454 e. The van der Waals surface area contributed by atoms with E-state index in [0.717, 1.165) is 4.47 Å². The summed E-state index contributed by atoms with van der Waals surface area (Å²) >= 11 is 3.30. The van der Waals surface area contributed by atoms with Crippen LogP contribution in [0.3, 0.4) is 0 Å². The van der Waals surface area contributed by atoms with Gasteiger partial charge in [0.25, 0.3) is 5.91 Å². The van der Waals surface area contributed by atoms with Crippen molar-refractivity contribution in [1.29, 1.82) is 0 Å². The molecule has 0 spiro atoms. The molecule has 6 heteroatoms. The van der Waals surface area contributed by atoms with Crippen LogP contribution < -0.4 is 4.90 Å². The predicted molar refractivity (Wildman–Crippen MR) is 114 cm³/mol. The molecule has 29 heavy (non-hydrogen) atoms. The van der Waals surface area contributed by atoms with E-state index < -0.39 is 12.6 Å². The maximum absolute atomic E-state index is 12.9. The molecule has 3 aromatic rings. The Labute approximate surface area is 177 Å². The lowest BCUT2D eigenvalue weighted by Gasteiger charge is -2.18. The molecule has 0 unspecified atom stereocenters. The van der Waals surface area contributed by atoms with E-state index in [2.05, 4.69) is 15.9 Å². The van der Waals surface area contributed by atoms with Gasteiger partial charge in [-0.1, -0.05) is 58.4 Å². The van der Waals surface area contributed by atoms with E-state index in [9.17, 15) is 14.4 Å². The lowest BCUT2D eigenvalue weighted by atomic mass is 10.1. The molecular formula is C23H18BrNO4. The number of halogens is 1. The lowest BCUT2D eigenvalue weighted by Crippen LogP contribution is -2.28. The summed E-state index contributed by atoms with van der Waals surface area (Å²) in [7, 11) is 1.64. The van der Waals surface area contributed by atoms with Gasteiger partial charge in [-0.2, -0.15) is 0 Å². The maximum atomic E-state index is 12.9. The summed E-state index contributed by atoms with van der Waals surface area (Å²) in [5.74, 6) is -1.39. The van der Waals surface area contributed by atoms with Crippen molar-refractivity contribution in [2.75, 3.05) is 18.6 Å². The average Bonchev–Trinajstić information content (AvgIpc) is 2.77. The first kappa shape index (κ1) is 20.5. The number of benzene rings is 3. The number of Topliss-reactive ketones (excluding diaryl/α,β-unsaturated/α-hetero) is 1. The van der Waals surface area contributed by atoms with Crippen LogP contribution in [-0.4, -0.2) is 31.3 Å². The van der Waals surface area contributed by atoms with Crippen LogP contribution >= 0.6 is 15.9 Å². The third-order valence-electron chi connectivity index (χ3n) is 4.33. The van der Waals surface area contributed by atoms with E-state index >= 15 is 0 Å². The van der Waals surface area contributed by atoms with E-state index in [1.807, 2.05) is 18.2 Å². The number of para-hydroxylation sites is 1. The smallest absolute Gasteiger partial charge is 0.339 e. The highest BCUT2D eigenvalue weighted by molar-refractivity contribution is 9.10. The van der Waals surface area contributed by atoms with Crippen molar-refractivity contribution in [3.63, 3.8) is 0 Å². The molecule has 0 N–H and O–H groups in total. The minimum atomic E-state index is -0.721. The minimum absolute atomic E-state index is 0.115. The van der Waals surface area contributed by atoms with Crippen LogP contribution in [-0.2, 0) is 4.74 Å². The van der Waals surface area contributed by atoms with Crippen LogP contribution in [0.15, 0.2) is 83.3 Å². The van der Waals surface area contributed by atoms with E-state index in [-0.39, 0.29) is 22.8 Å². The second-order valence-electron chi connectivity index (χ2n) is 6.25. The fraction of sp³-hybridized carbons (Fsp3) is 0.0870. The lowest BCUT2D eigenvalue weighted by molar-refractivity contribution is 0.0472. The molecule has 3 rings (SSSR count). The van der Waals surface area contributed by atoms with Crippen molar-refractivity contribution in [1.82, 2.24) is 0 Å². The predicted octanol–water partition coefficient (Wildman–Crippen LogP) is 4.77. The Bertz CT molecular complexity index is 1030. The second-order valence-corrected chi connectivity index (χ2v) is 7.17. The zero-order valence-corrected chi connectivity index (χ0v) is 17.3. The molecule has 0 saturated carbocycles. The summed E-state index contributed by atoms with van der Waals surface area (Å²) < 4.78 is 6.03. The van der Waals surface area contributed by atoms with Crippen molar-refractivity contribution in [2.24, 2.45) is 0 Å². The van der Waals surface area contributed by atoms with E-state index in [0.29, 0.717) is 11.3 Å². The monoisotopic (exact) mass is 451 g/mol. The van der Waals surface area contributed by atoms with Crippen molar-refractivity contribution in [3.05, 3.63) is 100 Å². The fourth-order valence-electron chi connectivity index (χ4n) is 2.73. The van der Waals surface area contributed by atoms with Gasteiger partial charge in [0.15, 0.2) is 12.4 Å². The molecular weight excluding hydrogens is 434 g/mol. The molecule has 0 aliphatic carbocycles. The number of hydrogen-bond acceptors (Lipinski definition) is 4. The van der Waals surface area contributed by atoms with Gasteiger partial charge in [-0.15, -0.1) is 0 Å². The molecule has 0 heterocycles. The topological polar surface area (TPSA) is 63.7 Å². The molecule has 0 fully saturated rings. The SMILES string of the molecule is CN(C(=O)c1ccccc1C(=O)OCC(=O)c1ccc(Br)cc1)c1ccccc1. The van der Waals surface area contributed by atoms with Crippen molar-refractivity contribution in [2.45, 2.75) is 0 Å². The number of esters is 1. The first-order valence-electron chi connectivity index (χ1n) is 8.85. The third kappa shape index (κ3) is 4.97. The fourth-order valence-corrected chi connectivity index (χ4v) is 2.99. The normalized spacial score (nSPS) is 10.3. The standard InChI is InChI=1S/C23H18BrNO4/c1-25(18-7-3-2-4-8-18)22(27)19-9-5-6-10-20(19)23(28)29-15-21(26)16-11-13-17(24)14-12-16/h2-14H,15H2,1H3. The highest BCUT2D eigenvalue weighted by Gasteiger charge is 2.22. The van der Waals surface area contributed by atoms with Crippen LogP contribution in [0, 0.1) is 0 Å². The number of anilines is 1. The van der Waals surface area contributed by atoms with Gasteiger partial charge in [-0.05, 0) is 36.4 Å². The van der Waals surface area contributed by atoms with Crippen molar-refractivity contribution < 1.29 is 19.1 Å². The molecule has 0 saturated heterocycles. The molecule has 0 aliphatic rings. The molecule has 0 bridgehead atoms. The summed E-state index contributed by atoms with van der Waals surface area (Å²) in [6.45, 7) is -0.405. The van der Waals surface area contributed by atoms with E-state index in [4.69, 9.17) is 4.74 Å². The molecule has 3 aromatic carbocycles. The van der Waals surface area contributed by atoms with Gasteiger partial charge in [0.2, 0.25) is 0 Å². The van der Waals surface area contributed by atoms with Gasteiger partial charge >= 0.3 is 5.97 Å². The molecule has 0 aliphatic heterocycles. The Morgan fingerprint density at radius 2 is 1.41 bits per heavy atom. The van der Waals surface area contributed by atoms with Crippen LogP contribution in [0.2, 0.25) is 0 Å². The average molecular weight is 452 g/mol. The van der Waals surface area contributed by atoms with Gasteiger partial charge in [-0.25, -0.2) is 4.79 Å². The molecule has 5 nitrogen and oxygen atoms in total. The number of nitrogens with zero attached hydrogens (tertiary/aromatic N) is 1. The van der Waals surface area contributed by atoms with Crippen molar-refractivity contribution >= 4 is 39.3 Å². The first-order chi connectivity index (χ1) is 14.0. The number of carbonyl (C=O) groups is 3. The Hall–Kier alpha value is -3.25. The third-order valence-corrected chi connectivity index (χ3v) is 4.85. The highest BCUT2D eigenvalue weighted by atomic mass is 79.9. The number of hydrogen-bond donors (Lipinski definition) is 0. The number of ketones is 1. The summed E-state index contributed by atoms with van der Waals surface area (Å²) in [5.41, 5.74) is 1.46. The van der Waals surface area contributed by atoms with Gasteiger partial charge in [0.1, 0.15) is 0 Å². The Morgan fingerprint density at radius 3 is 2.07 bits per heavy atom. The number of rotatable bonds is 6. The van der Waals surface area contributed by atoms with E-state index in [1.165, 1.54) is 11.0 Å². The molecule has 0 aromatic heterocycles. The number of ether oxygens (including phenoxy) is 1. The first-order valence-corrected chi connectivity index (χ1v) is 9.64. The molecule has 0 radical (unpaired) electrons.